The lowest BCUT2D eigenvalue weighted by Gasteiger charge is -2.39. The third-order valence-electron chi connectivity index (χ3n) is 11.6. The van der Waals surface area contributed by atoms with Crippen LogP contribution in [0.1, 0.15) is 91.7 Å². The molecule has 0 bridgehead atoms. The number of nitrogens with two attached hydrogens (primary N) is 1. The Morgan fingerprint density at radius 3 is 2.22 bits per heavy atom. The molecule has 0 spiro atoms. The standard InChI is InChI=1S/C51H56N4O5/c1-35(41-29-24-37-12-6-7-13-42(37)30-41)55(2)33-44-31-48(39-22-20-36(34-56)21-23-39)60-51(59-44)40-27-25-38(26-28-40)45-15-9-8-14-43(45)32-53-49(57)18-4-3-5-19-50(58)54-47-17-11-10-16-46(47)52/h6-17,20-30,35,44,48,51,56H,3-5,18-19,31-34,52H2,1-2H3,(H,53,57)(H,54,58)/t35-,44+,48-,51-/m1/s1. The van der Waals surface area contributed by atoms with Gasteiger partial charge in [0.05, 0.1) is 30.2 Å². The molecule has 6 aromatic rings. The number of nitrogen functional groups attached to an aromatic ring is 1. The van der Waals surface area contributed by atoms with Crippen LogP contribution in [-0.2, 0) is 32.2 Å². The van der Waals surface area contributed by atoms with Gasteiger partial charge in [-0.25, -0.2) is 0 Å². The van der Waals surface area contributed by atoms with Gasteiger partial charge in [-0.1, -0.05) is 128 Å². The second-order valence-electron chi connectivity index (χ2n) is 15.8. The van der Waals surface area contributed by atoms with Gasteiger partial charge in [0, 0.05) is 44.0 Å². The monoisotopic (exact) mass is 804 g/mol. The van der Waals surface area contributed by atoms with Gasteiger partial charge in [-0.05, 0) is 89.2 Å². The van der Waals surface area contributed by atoms with Crippen molar-refractivity contribution in [3.63, 3.8) is 0 Å². The number of aliphatic hydroxyl groups excluding tert-OH is 1. The Morgan fingerprint density at radius 2 is 1.45 bits per heavy atom. The number of likely N-dealkylation sites (N-methyl/N-ethyl adjacent to an activating group) is 1. The molecule has 0 saturated carbocycles. The smallest absolute Gasteiger partial charge is 0.224 e. The van der Waals surface area contributed by atoms with E-state index in [2.05, 4.69) is 102 Å². The van der Waals surface area contributed by atoms with Gasteiger partial charge in [0.1, 0.15) is 0 Å². The number of unbranched alkanes of at least 4 members (excludes halogenated alkanes) is 2. The van der Waals surface area contributed by atoms with Crippen molar-refractivity contribution < 1.29 is 24.2 Å². The zero-order valence-electron chi connectivity index (χ0n) is 34.6. The summed E-state index contributed by atoms with van der Waals surface area (Å²) in [4.78, 5) is 27.5. The van der Waals surface area contributed by atoms with E-state index < -0.39 is 6.29 Å². The second-order valence-corrected chi connectivity index (χ2v) is 15.8. The lowest BCUT2D eigenvalue weighted by atomic mass is 9.97. The van der Waals surface area contributed by atoms with Crippen molar-refractivity contribution in [2.45, 2.75) is 83.1 Å². The number of nitrogens with one attached hydrogen (secondary N) is 2. The van der Waals surface area contributed by atoms with E-state index in [0.29, 0.717) is 50.0 Å². The summed E-state index contributed by atoms with van der Waals surface area (Å²) in [6.07, 6.45) is 2.80. The first-order chi connectivity index (χ1) is 29.2. The van der Waals surface area contributed by atoms with Gasteiger partial charge in [-0.2, -0.15) is 0 Å². The predicted octanol–water partition coefficient (Wildman–Crippen LogP) is 10.0. The van der Waals surface area contributed by atoms with E-state index in [1.807, 2.05) is 54.6 Å². The van der Waals surface area contributed by atoms with E-state index in [-0.39, 0.29) is 36.7 Å². The lowest BCUT2D eigenvalue weighted by Crippen LogP contribution is -2.38. The fraction of sp³-hybridized carbons (Fsp3) is 0.294. The summed E-state index contributed by atoms with van der Waals surface area (Å²) in [7, 11) is 2.15. The second kappa shape index (κ2) is 20.4. The number of carbonyl (C=O) groups excluding carboxylic acids is 2. The van der Waals surface area contributed by atoms with E-state index >= 15 is 0 Å². The Bertz CT molecular complexity index is 2350. The van der Waals surface area contributed by atoms with Crippen molar-refractivity contribution in [1.82, 2.24) is 10.2 Å². The number of nitrogens with zero attached hydrogens (tertiary/aromatic N) is 1. The molecule has 6 aromatic carbocycles. The summed E-state index contributed by atoms with van der Waals surface area (Å²) in [5.41, 5.74) is 14.3. The van der Waals surface area contributed by atoms with Crippen LogP contribution in [0.5, 0.6) is 0 Å². The van der Waals surface area contributed by atoms with Crippen LogP contribution < -0.4 is 16.4 Å². The number of amides is 2. The van der Waals surface area contributed by atoms with E-state index in [0.717, 1.165) is 46.3 Å². The van der Waals surface area contributed by atoms with Crippen LogP contribution >= 0.6 is 0 Å². The first kappa shape index (κ1) is 42.3. The minimum absolute atomic E-state index is 0.00493. The highest BCUT2D eigenvalue weighted by atomic mass is 16.7. The highest BCUT2D eigenvalue weighted by molar-refractivity contribution is 5.93. The summed E-state index contributed by atoms with van der Waals surface area (Å²) >= 11 is 0. The zero-order chi connectivity index (χ0) is 41.8. The Balaban J connectivity index is 0.960. The highest BCUT2D eigenvalue weighted by Gasteiger charge is 2.33. The Morgan fingerprint density at radius 1 is 0.767 bits per heavy atom. The van der Waals surface area contributed by atoms with Crippen molar-refractivity contribution >= 4 is 34.0 Å². The molecule has 1 fully saturated rings. The van der Waals surface area contributed by atoms with E-state index in [1.165, 1.54) is 16.3 Å². The number of aliphatic hydroxyl groups is 1. The maximum atomic E-state index is 12.8. The number of fused-ring (bicyclic) bond motifs is 1. The minimum Gasteiger partial charge on any atom is -0.397 e. The van der Waals surface area contributed by atoms with Crippen LogP contribution in [0, 0.1) is 0 Å². The molecule has 0 radical (unpaired) electrons. The first-order valence-corrected chi connectivity index (χ1v) is 21.0. The maximum absolute atomic E-state index is 12.8. The van der Waals surface area contributed by atoms with Gasteiger partial charge in [0.15, 0.2) is 6.29 Å². The van der Waals surface area contributed by atoms with Crippen molar-refractivity contribution in [3.8, 4) is 11.1 Å². The van der Waals surface area contributed by atoms with Crippen LogP contribution in [0.25, 0.3) is 21.9 Å². The molecule has 1 heterocycles. The molecular formula is C51H56N4O5. The molecule has 1 saturated heterocycles. The number of anilines is 2. The molecular weight excluding hydrogens is 749 g/mol. The Labute approximate surface area is 353 Å². The quantitative estimate of drug-likeness (QED) is 0.0534. The number of carbonyl (C=O) groups is 2. The predicted molar refractivity (Wildman–Crippen MR) is 240 cm³/mol. The number of ether oxygens (including phenoxy) is 2. The highest BCUT2D eigenvalue weighted by Crippen LogP contribution is 2.39. The maximum Gasteiger partial charge on any atom is 0.224 e. The number of para-hydroxylation sites is 2. The third-order valence-corrected chi connectivity index (χ3v) is 11.6. The van der Waals surface area contributed by atoms with Crippen molar-refractivity contribution in [1.29, 1.82) is 0 Å². The SMILES string of the molecule is C[C@H](c1ccc2ccccc2c1)N(C)C[C@@H]1C[C@H](c2ccc(CO)cc2)O[C@H](c2ccc(-c3ccccc3CNC(=O)CCCCCC(=O)Nc3ccccc3N)cc2)O1. The van der Waals surface area contributed by atoms with Gasteiger partial charge in [0.2, 0.25) is 11.8 Å². The molecule has 2 amide bonds. The normalized spacial score (nSPS) is 17.0. The Kier molecular flexibility index (Phi) is 14.4. The summed E-state index contributed by atoms with van der Waals surface area (Å²) in [6.45, 7) is 3.37. The molecule has 0 unspecified atom stereocenters. The summed E-state index contributed by atoms with van der Waals surface area (Å²) in [6, 6.07) is 47.0. The van der Waals surface area contributed by atoms with Gasteiger partial charge >= 0.3 is 0 Å². The van der Waals surface area contributed by atoms with Crippen LogP contribution in [0.4, 0.5) is 11.4 Å². The Hall–Kier alpha value is -5.84. The molecule has 4 atom stereocenters. The minimum atomic E-state index is -0.573. The molecule has 1 aliphatic heterocycles. The van der Waals surface area contributed by atoms with Crippen LogP contribution in [-0.4, -0.2) is 41.5 Å². The summed E-state index contributed by atoms with van der Waals surface area (Å²) < 4.78 is 13.4. The fourth-order valence-corrected chi connectivity index (χ4v) is 7.86. The van der Waals surface area contributed by atoms with Gasteiger partial charge < -0.3 is 30.9 Å². The molecule has 310 valence electrons. The number of rotatable bonds is 17. The van der Waals surface area contributed by atoms with Gasteiger partial charge in [-0.3, -0.25) is 14.5 Å². The summed E-state index contributed by atoms with van der Waals surface area (Å²) in [5.74, 6) is -0.0916. The van der Waals surface area contributed by atoms with Gasteiger partial charge in [0.25, 0.3) is 0 Å². The molecule has 9 heteroatoms. The molecule has 9 nitrogen and oxygen atoms in total. The van der Waals surface area contributed by atoms with E-state index in [9.17, 15) is 14.7 Å². The molecule has 0 aliphatic carbocycles. The number of benzene rings is 6. The number of hydrogen-bond donors (Lipinski definition) is 4. The first-order valence-electron chi connectivity index (χ1n) is 21.0. The van der Waals surface area contributed by atoms with Crippen LogP contribution in [0.2, 0.25) is 0 Å². The van der Waals surface area contributed by atoms with E-state index in [1.54, 1.807) is 12.1 Å². The molecule has 0 aromatic heterocycles. The van der Waals surface area contributed by atoms with Crippen molar-refractivity contribution in [2.75, 3.05) is 24.6 Å². The average Bonchev–Trinajstić information content (AvgIpc) is 3.28. The molecule has 5 N–H and O–H groups in total. The van der Waals surface area contributed by atoms with E-state index in [4.69, 9.17) is 15.2 Å². The lowest BCUT2D eigenvalue weighted by molar-refractivity contribution is -0.253. The van der Waals surface area contributed by atoms with Gasteiger partial charge in [-0.15, -0.1) is 0 Å². The average molecular weight is 805 g/mol. The fourth-order valence-electron chi connectivity index (χ4n) is 7.86. The zero-order valence-corrected chi connectivity index (χ0v) is 34.6. The topological polar surface area (TPSA) is 126 Å². The van der Waals surface area contributed by atoms with Crippen molar-refractivity contribution in [2.24, 2.45) is 0 Å². The largest absolute Gasteiger partial charge is 0.397 e. The number of hydrogen-bond acceptors (Lipinski definition) is 7. The van der Waals surface area contributed by atoms with Crippen LogP contribution in [0.15, 0.2) is 140 Å². The third kappa shape index (κ3) is 11.0. The summed E-state index contributed by atoms with van der Waals surface area (Å²) in [5, 5.41) is 18.1. The van der Waals surface area contributed by atoms with Crippen molar-refractivity contribution in [3.05, 3.63) is 167 Å². The van der Waals surface area contributed by atoms with Crippen LogP contribution in [0.3, 0.4) is 0 Å². The molecule has 60 heavy (non-hydrogen) atoms. The molecule has 7 rings (SSSR count). The molecule has 1 aliphatic rings.